The van der Waals surface area contributed by atoms with Gasteiger partial charge < -0.3 is 10.4 Å². The number of aromatic nitrogens is 2. The second-order valence-corrected chi connectivity index (χ2v) is 7.75. The predicted molar refractivity (Wildman–Crippen MR) is 106 cm³/mol. The molecule has 1 aromatic heterocycles. The maximum absolute atomic E-state index is 12.4. The fraction of sp³-hybridized carbons (Fsp3) is 0.364. The van der Waals surface area contributed by atoms with Crippen LogP contribution in [0.5, 0.6) is 0 Å². The molecule has 3 aromatic rings. The van der Waals surface area contributed by atoms with E-state index in [1.54, 1.807) is 6.20 Å². The normalized spacial score (nSPS) is 22.6. The van der Waals surface area contributed by atoms with Crippen molar-refractivity contribution in [1.82, 2.24) is 10.2 Å². The Hall–Kier alpha value is -2.66. The smallest absolute Gasteiger partial charge is 0.227 e. The molecule has 27 heavy (non-hydrogen) atoms. The van der Waals surface area contributed by atoms with Crippen LogP contribution in [0.2, 0.25) is 0 Å². The van der Waals surface area contributed by atoms with Crippen LogP contribution in [0.15, 0.2) is 54.7 Å². The molecule has 0 aliphatic heterocycles. The lowest BCUT2D eigenvalue weighted by atomic mass is 9.75. The molecule has 1 fully saturated rings. The number of hydrogen-bond donors (Lipinski definition) is 3. The highest BCUT2D eigenvalue weighted by Gasteiger charge is 2.35. The van der Waals surface area contributed by atoms with Gasteiger partial charge in [-0.3, -0.25) is 9.89 Å². The summed E-state index contributed by atoms with van der Waals surface area (Å²) in [7, 11) is 0. The van der Waals surface area contributed by atoms with Crippen LogP contribution in [0.1, 0.15) is 37.7 Å². The van der Waals surface area contributed by atoms with E-state index in [0.29, 0.717) is 18.8 Å². The molecule has 2 aromatic carbocycles. The average molecular weight is 363 g/mol. The molecule has 0 saturated heterocycles. The zero-order chi connectivity index (χ0) is 18.7. The van der Waals surface area contributed by atoms with Gasteiger partial charge in [-0.15, -0.1) is 0 Å². The van der Waals surface area contributed by atoms with Gasteiger partial charge in [0.2, 0.25) is 5.91 Å². The lowest BCUT2D eigenvalue weighted by molar-refractivity contribution is -0.122. The summed E-state index contributed by atoms with van der Waals surface area (Å²) in [5.74, 6) is 0.445. The highest BCUT2D eigenvalue weighted by molar-refractivity contribution is 5.94. The number of fused-ring (bicyclic) bond motifs is 1. The Morgan fingerprint density at radius 3 is 2.74 bits per heavy atom. The number of nitrogens with one attached hydrogen (secondary N) is 2. The summed E-state index contributed by atoms with van der Waals surface area (Å²) in [5.41, 5.74) is 2.12. The molecule has 0 spiro atoms. The van der Waals surface area contributed by atoms with E-state index in [1.165, 1.54) is 5.56 Å². The Labute approximate surface area is 158 Å². The molecule has 1 amide bonds. The van der Waals surface area contributed by atoms with Gasteiger partial charge in [0.25, 0.3) is 0 Å². The molecule has 3 N–H and O–H groups in total. The van der Waals surface area contributed by atoms with Crippen molar-refractivity contribution in [3.63, 3.8) is 0 Å². The van der Waals surface area contributed by atoms with E-state index >= 15 is 0 Å². The van der Waals surface area contributed by atoms with Crippen LogP contribution >= 0.6 is 0 Å². The van der Waals surface area contributed by atoms with Gasteiger partial charge in [-0.2, -0.15) is 5.10 Å². The average Bonchev–Trinajstić information content (AvgIpc) is 3.12. The molecular formula is C22H25N3O2. The Morgan fingerprint density at radius 2 is 1.96 bits per heavy atom. The number of benzene rings is 2. The second-order valence-electron chi connectivity index (χ2n) is 7.75. The summed E-state index contributed by atoms with van der Waals surface area (Å²) < 4.78 is 0. The van der Waals surface area contributed by atoms with Crippen LogP contribution in [0, 0.1) is 5.92 Å². The molecule has 0 bridgehead atoms. The Bertz CT molecular complexity index is 911. The van der Waals surface area contributed by atoms with E-state index in [9.17, 15) is 9.90 Å². The maximum atomic E-state index is 12.4. The lowest BCUT2D eigenvalue weighted by Crippen LogP contribution is -2.38. The number of carbonyl (C=O) groups is 1. The first-order valence-corrected chi connectivity index (χ1v) is 9.59. The minimum absolute atomic E-state index is 0.137. The first kappa shape index (κ1) is 17.7. The molecule has 0 unspecified atom stereocenters. The Balaban J connectivity index is 1.30. The number of nitrogens with zero attached hydrogens (tertiary/aromatic N) is 1. The van der Waals surface area contributed by atoms with Crippen LogP contribution in [-0.2, 0) is 11.2 Å². The topological polar surface area (TPSA) is 78.0 Å². The van der Waals surface area contributed by atoms with Gasteiger partial charge in [0.05, 0.1) is 23.7 Å². The molecule has 1 saturated carbocycles. The highest BCUT2D eigenvalue weighted by atomic mass is 16.3. The fourth-order valence-corrected chi connectivity index (χ4v) is 4.07. The molecule has 1 heterocycles. The molecule has 140 valence electrons. The van der Waals surface area contributed by atoms with Crippen molar-refractivity contribution < 1.29 is 9.90 Å². The third kappa shape index (κ3) is 4.37. The van der Waals surface area contributed by atoms with Crippen molar-refractivity contribution in [3.05, 3.63) is 60.3 Å². The summed E-state index contributed by atoms with van der Waals surface area (Å²) in [6.45, 7) is 0. The van der Waals surface area contributed by atoms with E-state index in [0.717, 1.165) is 35.9 Å². The standard InChI is InChI=1S/C22H25N3O2/c26-21(24-19-6-7-20-18(13-19)15-23-25-20)14-22(27)10-8-17(9-11-22)12-16-4-2-1-3-5-16/h1-7,13,15,17,27H,8-12,14H2,(H,23,25)(H,24,26). The van der Waals surface area contributed by atoms with E-state index in [1.807, 2.05) is 24.3 Å². The molecule has 1 aliphatic rings. The third-order valence-electron chi connectivity index (χ3n) is 5.62. The van der Waals surface area contributed by atoms with Crippen molar-refractivity contribution in [3.8, 4) is 0 Å². The molecule has 4 rings (SSSR count). The minimum Gasteiger partial charge on any atom is -0.389 e. The van der Waals surface area contributed by atoms with Crippen molar-refractivity contribution >= 4 is 22.5 Å². The quantitative estimate of drug-likeness (QED) is 0.640. The zero-order valence-electron chi connectivity index (χ0n) is 15.3. The van der Waals surface area contributed by atoms with Crippen molar-refractivity contribution in [2.24, 2.45) is 5.92 Å². The van der Waals surface area contributed by atoms with Gasteiger partial charge in [0.1, 0.15) is 0 Å². The maximum Gasteiger partial charge on any atom is 0.227 e. The van der Waals surface area contributed by atoms with Crippen LogP contribution in [0.4, 0.5) is 5.69 Å². The number of carbonyl (C=O) groups excluding carboxylic acids is 1. The van der Waals surface area contributed by atoms with Crippen molar-refractivity contribution in [2.75, 3.05) is 5.32 Å². The van der Waals surface area contributed by atoms with Crippen LogP contribution < -0.4 is 5.32 Å². The Kier molecular flexibility index (Phi) is 4.94. The third-order valence-corrected chi connectivity index (χ3v) is 5.62. The number of H-pyrrole nitrogens is 1. The van der Waals surface area contributed by atoms with Crippen molar-refractivity contribution in [2.45, 2.75) is 44.1 Å². The zero-order valence-corrected chi connectivity index (χ0v) is 15.3. The first-order chi connectivity index (χ1) is 13.1. The first-order valence-electron chi connectivity index (χ1n) is 9.59. The van der Waals surface area contributed by atoms with E-state index in [-0.39, 0.29) is 12.3 Å². The van der Waals surface area contributed by atoms with Gasteiger partial charge in [-0.1, -0.05) is 30.3 Å². The predicted octanol–water partition coefficient (Wildman–Crippen LogP) is 4.06. The van der Waals surface area contributed by atoms with Gasteiger partial charge in [0.15, 0.2) is 0 Å². The summed E-state index contributed by atoms with van der Waals surface area (Å²) >= 11 is 0. The van der Waals surface area contributed by atoms with Crippen LogP contribution in [0.25, 0.3) is 10.9 Å². The second kappa shape index (κ2) is 7.53. The number of amides is 1. The minimum atomic E-state index is -0.892. The molecule has 0 atom stereocenters. The van der Waals surface area contributed by atoms with Gasteiger partial charge in [0, 0.05) is 11.1 Å². The monoisotopic (exact) mass is 363 g/mol. The lowest BCUT2D eigenvalue weighted by Gasteiger charge is -2.35. The fourth-order valence-electron chi connectivity index (χ4n) is 4.07. The summed E-state index contributed by atoms with van der Waals surface area (Å²) in [6, 6.07) is 16.1. The van der Waals surface area contributed by atoms with E-state index in [2.05, 4.69) is 39.8 Å². The number of rotatable bonds is 5. The molecular weight excluding hydrogens is 338 g/mol. The number of hydrogen-bond acceptors (Lipinski definition) is 3. The summed E-state index contributed by atoms with van der Waals surface area (Å²) in [5, 5.41) is 21.6. The molecule has 0 radical (unpaired) electrons. The largest absolute Gasteiger partial charge is 0.389 e. The number of anilines is 1. The SMILES string of the molecule is O=C(CC1(O)CCC(Cc2ccccc2)CC1)Nc1ccc2[nH]ncc2c1. The van der Waals surface area contributed by atoms with Crippen LogP contribution in [-0.4, -0.2) is 26.8 Å². The van der Waals surface area contributed by atoms with E-state index < -0.39 is 5.60 Å². The Morgan fingerprint density at radius 1 is 1.19 bits per heavy atom. The number of aromatic amines is 1. The summed E-state index contributed by atoms with van der Waals surface area (Å²) in [4.78, 5) is 12.4. The van der Waals surface area contributed by atoms with Gasteiger partial charge in [-0.05, 0) is 61.8 Å². The van der Waals surface area contributed by atoms with Crippen molar-refractivity contribution in [1.29, 1.82) is 0 Å². The van der Waals surface area contributed by atoms with E-state index in [4.69, 9.17) is 0 Å². The number of aliphatic hydroxyl groups is 1. The molecule has 5 nitrogen and oxygen atoms in total. The summed E-state index contributed by atoms with van der Waals surface area (Å²) in [6.07, 6.45) is 6.20. The molecule has 5 heteroatoms. The van der Waals surface area contributed by atoms with Gasteiger partial charge in [-0.25, -0.2) is 0 Å². The van der Waals surface area contributed by atoms with Gasteiger partial charge >= 0.3 is 0 Å². The van der Waals surface area contributed by atoms with Crippen LogP contribution in [0.3, 0.4) is 0 Å². The highest BCUT2D eigenvalue weighted by Crippen LogP contribution is 2.36. The molecule has 1 aliphatic carbocycles.